The average molecular weight is 567 g/mol. The summed E-state index contributed by atoms with van der Waals surface area (Å²) in [5, 5.41) is 2.66. The van der Waals surface area contributed by atoms with Crippen LogP contribution in [-0.2, 0) is 25.8 Å². The third-order valence-corrected chi connectivity index (χ3v) is 4.08. The molecule has 0 unspecified atom stereocenters. The van der Waals surface area contributed by atoms with E-state index >= 15 is 0 Å². The summed E-state index contributed by atoms with van der Waals surface area (Å²) >= 11 is 0. The molecule has 0 saturated carbocycles. The monoisotopic (exact) mass is 568 g/mol. The standard InChI is InChI=1S/C9H7.3C7H7.Hf/c1-2-5-9-7-3-6-8(9)4-1;3*1-7-5-3-2-4-6-7;/h1-7H;3*2-6H,1H2;/q4*-1;+4. The second-order valence-electron chi connectivity index (χ2n) is 6.61. The zero-order chi connectivity index (χ0) is 21.4. The molecule has 31 heavy (non-hydrogen) atoms. The van der Waals surface area contributed by atoms with E-state index < -0.39 is 0 Å². The van der Waals surface area contributed by atoms with E-state index in [2.05, 4.69) is 63.2 Å². The second-order valence-corrected chi connectivity index (χ2v) is 6.61. The largest absolute Gasteiger partial charge is 4.00 e. The molecule has 0 aliphatic carbocycles. The molecule has 0 amide bonds. The van der Waals surface area contributed by atoms with Crippen molar-refractivity contribution < 1.29 is 25.8 Å². The van der Waals surface area contributed by atoms with Crippen LogP contribution < -0.4 is 0 Å². The van der Waals surface area contributed by atoms with E-state index in [0.717, 1.165) is 16.7 Å². The molecule has 152 valence electrons. The van der Waals surface area contributed by atoms with Crippen molar-refractivity contribution in [2.24, 2.45) is 0 Å². The number of fused-ring (bicyclic) bond motifs is 1. The molecule has 5 rings (SSSR count). The summed E-state index contributed by atoms with van der Waals surface area (Å²) in [6, 6.07) is 44.3. The molecule has 0 aromatic heterocycles. The molecule has 5 aromatic rings. The van der Waals surface area contributed by atoms with Gasteiger partial charge in [-0.1, -0.05) is 24.3 Å². The van der Waals surface area contributed by atoms with Crippen LogP contribution in [0.15, 0.2) is 133 Å². The van der Waals surface area contributed by atoms with E-state index in [1.54, 1.807) is 0 Å². The van der Waals surface area contributed by atoms with Crippen LogP contribution in [0.3, 0.4) is 0 Å². The van der Waals surface area contributed by atoms with Gasteiger partial charge in [0, 0.05) is 0 Å². The Bertz CT molecular complexity index is 929. The van der Waals surface area contributed by atoms with Gasteiger partial charge in [0.05, 0.1) is 0 Å². The molecule has 0 fully saturated rings. The smallest absolute Gasteiger partial charge is 0.199 e. The third kappa shape index (κ3) is 11.7. The van der Waals surface area contributed by atoms with Gasteiger partial charge >= 0.3 is 25.8 Å². The molecule has 0 atom stereocenters. The first-order valence-electron chi connectivity index (χ1n) is 9.86. The van der Waals surface area contributed by atoms with Gasteiger partial charge in [-0.15, -0.1) is 66.0 Å². The first-order chi connectivity index (χ1) is 14.6. The maximum absolute atomic E-state index is 3.72. The molecule has 0 aliphatic rings. The quantitative estimate of drug-likeness (QED) is 0.131. The second kappa shape index (κ2) is 15.8. The van der Waals surface area contributed by atoms with Crippen LogP contribution in [0.2, 0.25) is 0 Å². The van der Waals surface area contributed by atoms with Crippen LogP contribution in [-0.4, -0.2) is 0 Å². The zero-order valence-corrected chi connectivity index (χ0v) is 21.4. The fourth-order valence-corrected chi connectivity index (χ4v) is 2.50. The Labute approximate surface area is 206 Å². The van der Waals surface area contributed by atoms with Gasteiger partial charge in [-0.3, -0.25) is 0 Å². The van der Waals surface area contributed by atoms with Gasteiger partial charge in [0.25, 0.3) is 0 Å². The topological polar surface area (TPSA) is 0 Å². The SMILES string of the molecule is [CH2-]c1ccccc1.[CH2-]c1ccccc1.[CH2-]c1ccccc1.[Hf+4].c1ccc2[cH-]ccc2c1. The minimum absolute atomic E-state index is 0. The van der Waals surface area contributed by atoms with Crippen LogP contribution >= 0.6 is 0 Å². The predicted octanol–water partition coefficient (Wildman–Crippen LogP) is 8.16. The molecule has 0 saturated heterocycles. The van der Waals surface area contributed by atoms with E-state index in [-0.39, 0.29) is 25.8 Å². The molecule has 0 bridgehead atoms. The van der Waals surface area contributed by atoms with Gasteiger partial charge in [-0.2, -0.15) is 91.4 Å². The molecule has 0 nitrogen and oxygen atoms in total. The summed E-state index contributed by atoms with van der Waals surface area (Å²) in [5.74, 6) is 0. The Morgan fingerprint density at radius 3 is 1.10 bits per heavy atom. The summed E-state index contributed by atoms with van der Waals surface area (Å²) in [6.45, 7) is 11.2. The normalized spacial score (nSPS) is 8.77. The summed E-state index contributed by atoms with van der Waals surface area (Å²) in [5.41, 5.74) is 3.22. The van der Waals surface area contributed by atoms with Gasteiger partial charge < -0.3 is 0 Å². The fourth-order valence-electron chi connectivity index (χ4n) is 2.50. The van der Waals surface area contributed by atoms with Crippen molar-refractivity contribution in [3.63, 3.8) is 0 Å². The number of rotatable bonds is 0. The minimum atomic E-state index is 0. The number of benzene rings is 4. The molecule has 0 aliphatic heterocycles. The van der Waals surface area contributed by atoms with Crippen molar-refractivity contribution in [3.8, 4) is 0 Å². The molecular formula is C30H28Hf. The maximum atomic E-state index is 3.72. The molecule has 5 aromatic carbocycles. The van der Waals surface area contributed by atoms with Crippen LogP contribution in [0.4, 0.5) is 0 Å². The van der Waals surface area contributed by atoms with E-state index in [1.807, 2.05) is 91.0 Å². The van der Waals surface area contributed by atoms with Gasteiger partial charge in [-0.25, -0.2) is 0 Å². The van der Waals surface area contributed by atoms with Crippen molar-refractivity contribution in [1.82, 2.24) is 0 Å². The average Bonchev–Trinajstić information content (AvgIpc) is 3.26. The Morgan fingerprint density at radius 2 is 0.774 bits per heavy atom. The molecule has 0 N–H and O–H groups in total. The van der Waals surface area contributed by atoms with Crippen LogP contribution in [0.5, 0.6) is 0 Å². The molecular weight excluding hydrogens is 539 g/mol. The maximum Gasteiger partial charge on any atom is 4.00 e. The summed E-state index contributed by atoms with van der Waals surface area (Å²) in [4.78, 5) is 0. The summed E-state index contributed by atoms with van der Waals surface area (Å²) in [6.07, 6.45) is 0. The van der Waals surface area contributed by atoms with Gasteiger partial charge in [0.15, 0.2) is 0 Å². The van der Waals surface area contributed by atoms with Crippen molar-refractivity contribution >= 4 is 10.8 Å². The van der Waals surface area contributed by atoms with Crippen LogP contribution in [0.25, 0.3) is 10.8 Å². The molecule has 0 spiro atoms. The first-order valence-corrected chi connectivity index (χ1v) is 9.86. The van der Waals surface area contributed by atoms with E-state index in [4.69, 9.17) is 0 Å². The Kier molecular flexibility index (Phi) is 13.2. The van der Waals surface area contributed by atoms with Crippen LogP contribution in [0, 0.1) is 20.8 Å². The van der Waals surface area contributed by atoms with E-state index in [0.29, 0.717) is 0 Å². The summed E-state index contributed by atoms with van der Waals surface area (Å²) in [7, 11) is 0. The van der Waals surface area contributed by atoms with Crippen molar-refractivity contribution in [2.75, 3.05) is 0 Å². The zero-order valence-electron chi connectivity index (χ0n) is 17.8. The molecule has 0 radical (unpaired) electrons. The predicted molar refractivity (Wildman–Crippen MR) is 132 cm³/mol. The van der Waals surface area contributed by atoms with Gasteiger partial charge in [-0.05, 0) is 0 Å². The Hall–Kier alpha value is -3.03. The number of hydrogen-bond acceptors (Lipinski definition) is 0. The summed E-state index contributed by atoms with van der Waals surface area (Å²) < 4.78 is 0. The van der Waals surface area contributed by atoms with Crippen molar-refractivity contribution in [2.45, 2.75) is 0 Å². The van der Waals surface area contributed by atoms with Gasteiger partial charge in [0.2, 0.25) is 0 Å². The fraction of sp³-hybridized carbons (Fsp3) is 0. The third-order valence-electron chi connectivity index (χ3n) is 4.08. The first kappa shape index (κ1) is 26.0. The van der Waals surface area contributed by atoms with E-state index in [9.17, 15) is 0 Å². The minimum Gasteiger partial charge on any atom is -0.199 e. The Morgan fingerprint density at radius 1 is 0.419 bits per heavy atom. The van der Waals surface area contributed by atoms with Gasteiger partial charge in [0.1, 0.15) is 0 Å². The van der Waals surface area contributed by atoms with Crippen molar-refractivity contribution in [1.29, 1.82) is 0 Å². The Balaban J connectivity index is 0.000000206. The number of hydrogen-bond donors (Lipinski definition) is 0. The van der Waals surface area contributed by atoms with Crippen LogP contribution in [0.1, 0.15) is 16.7 Å². The van der Waals surface area contributed by atoms with Crippen molar-refractivity contribution in [3.05, 3.63) is 171 Å². The van der Waals surface area contributed by atoms with E-state index in [1.165, 1.54) is 10.8 Å². The molecule has 0 heterocycles. The molecule has 1 heteroatoms.